The third-order valence-electron chi connectivity index (χ3n) is 1.49. The molecule has 0 N–H and O–H groups in total. The second kappa shape index (κ2) is 16.8. The molecule has 0 aromatic carbocycles. The van der Waals surface area contributed by atoms with Gasteiger partial charge in [0.05, 0.1) is 0 Å². The summed E-state index contributed by atoms with van der Waals surface area (Å²) < 4.78 is 0. The standard InChI is InChI=1S/C8H14.2C2H6/c1-5-7(3)8(4)6-2;2*1-2/h5-6H,1-4H3;2*1-2H3/b7-5-,8-6-;;. The van der Waals surface area contributed by atoms with Crippen molar-refractivity contribution in [2.75, 3.05) is 0 Å². The zero-order valence-corrected chi connectivity index (χ0v) is 10.2. The van der Waals surface area contributed by atoms with Gasteiger partial charge in [0.25, 0.3) is 0 Å². The Morgan fingerprint density at radius 1 is 0.667 bits per heavy atom. The molecule has 0 bridgehead atoms. The molecule has 0 saturated carbocycles. The fraction of sp³-hybridized carbons (Fsp3) is 0.667. The van der Waals surface area contributed by atoms with E-state index in [0.717, 1.165) is 0 Å². The molecule has 0 fully saturated rings. The molecule has 0 unspecified atom stereocenters. The Labute approximate surface area is 79.4 Å². The highest BCUT2D eigenvalue weighted by molar-refractivity contribution is 5.25. The molecule has 0 aromatic rings. The van der Waals surface area contributed by atoms with Gasteiger partial charge in [-0.3, -0.25) is 0 Å². The van der Waals surface area contributed by atoms with E-state index in [2.05, 4.69) is 39.8 Å². The summed E-state index contributed by atoms with van der Waals surface area (Å²) in [4.78, 5) is 0. The van der Waals surface area contributed by atoms with Crippen molar-refractivity contribution in [2.24, 2.45) is 0 Å². The lowest BCUT2D eigenvalue weighted by Crippen LogP contribution is -1.74. The van der Waals surface area contributed by atoms with E-state index in [-0.39, 0.29) is 0 Å². The average Bonchev–Trinajstić information content (AvgIpc) is 2.21. The average molecular weight is 170 g/mol. The van der Waals surface area contributed by atoms with E-state index < -0.39 is 0 Å². The molecule has 12 heavy (non-hydrogen) atoms. The van der Waals surface area contributed by atoms with Crippen LogP contribution in [0.5, 0.6) is 0 Å². The minimum Gasteiger partial charge on any atom is -0.0845 e. The summed E-state index contributed by atoms with van der Waals surface area (Å²) in [5.74, 6) is 0. The van der Waals surface area contributed by atoms with Gasteiger partial charge in [-0.25, -0.2) is 0 Å². The maximum absolute atomic E-state index is 2.12. The van der Waals surface area contributed by atoms with Gasteiger partial charge in [0, 0.05) is 0 Å². The highest BCUT2D eigenvalue weighted by Gasteiger charge is 1.84. The van der Waals surface area contributed by atoms with Gasteiger partial charge in [-0.1, -0.05) is 51.0 Å². The zero-order chi connectivity index (χ0) is 10.6. The first-order chi connectivity index (χ1) is 5.72. The Balaban J connectivity index is -0.000000175. The molecule has 0 atom stereocenters. The van der Waals surface area contributed by atoms with Gasteiger partial charge >= 0.3 is 0 Å². The van der Waals surface area contributed by atoms with Crippen molar-refractivity contribution in [2.45, 2.75) is 55.4 Å². The molecular formula is C12H26. The van der Waals surface area contributed by atoms with E-state index in [1.807, 2.05) is 27.7 Å². The molecule has 0 heteroatoms. The molecule has 0 heterocycles. The summed E-state index contributed by atoms with van der Waals surface area (Å²) in [6.45, 7) is 16.4. The van der Waals surface area contributed by atoms with Gasteiger partial charge in [-0.05, 0) is 27.7 Å². The van der Waals surface area contributed by atoms with Gasteiger partial charge in [0.2, 0.25) is 0 Å². The van der Waals surface area contributed by atoms with Crippen LogP contribution in [0.15, 0.2) is 23.3 Å². The van der Waals surface area contributed by atoms with Gasteiger partial charge in [0.1, 0.15) is 0 Å². The minimum absolute atomic E-state index is 1.37. The molecule has 0 aliphatic carbocycles. The number of rotatable bonds is 1. The Kier molecular flexibility index (Phi) is 24.6. The van der Waals surface area contributed by atoms with E-state index in [9.17, 15) is 0 Å². The van der Waals surface area contributed by atoms with Crippen LogP contribution in [0.4, 0.5) is 0 Å². The fourth-order valence-electron chi connectivity index (χ4n) is 0.455. The third kappa shape index (κ3) is 12.2. The lowest BCUT2D eigenvalue weighted by molar-refractivity contribution is 1.31. The first-order valence-corrected chi connectivity index (χ1v) is 4.98. The molecule has 0 aliphatic heterocycles. The molecule has 0 saturated heterocycles. The van der Waals surface area contributed by atoms with Crippen LogP contribution in [-0.2, 0) is 0 Å². The highest BCUT2D eigenvalue weighted by atomic mass is 13.9. The van der Waals surface area contributed by atoms with E-state index in [1.54, 1.807) is 0 Å². The van der Waals surface area contributed by atoms with Gasteiger partial charge < -0.3 is 0 Å². The summed E-state index contributed by atoms with van der Waals surface area (Å²) in [6, 6.07) is 0. The lowest BCUT2D eigenvalue weighted by atomic mass is 10.1. The molecule has 0 amide bonds. The Bertz CT molecular complexity index is 100. The predicted molar refractivity (Wildman–Crippen MR) is 61.6 cm³/mol. The normalized spacial score (nSPS) is 10.7. The topological polar surface area (TPSA) is 0 Å². The van der Waals surface area contributed by atoms with E-state index >= 15 is 0 Å². The second-order valence-electron chi connectivity index (χ2n) is 1.94. The van der Waals surface area contributed by atoms with Crippen LogP contribution in [0, 0.1) is 0 Å². The van der Waals surface area contributed by atoms with E-state index in [4.69, 9.17) is 0 Å². The molecule has 0 rings (SSSR count). The van der Waals surface area contributed by atoms with Crippen LogP contribution < -0.4 is 0 Å². The predicted octanol–water partition coefficient (Wildman–Crippen LogP) is 4.97. The fourth-order valence-corrected chi connectivity index (χ4v) is 0.455. The van der Waals surface area contributed by atoms with Gasteiger partial charge in [-0.2, -0.15) is 0 Å². The van der Waals surface area contributed by atoms with Gasteiger partial charge in [-0.15, -0.1) is 0 Å². The molecule has 0 radical (unpaired) electrons. The molecule has 0 nitrogen and oxygen atoms in total. The first-order valence-electron chi connectivity index (χ1n) is 4.98. The maximum Gasteiger partial charge on any atom is -0.0399 e. The minimum atomic E-state index is 1.37. The van der Waals surface area contributed by atoms with Crippen molar-refractivity contribution in [3.63, 3.8) is 0 Å². The number of hydrogen-bond donors (Lipinski definition) is 0. The van der Waals surface area contributed by atoms with E-state index in [1.165, 1.54) is 11.1 Å². The van der Waals surface area contributed by atoms with Crippen LogP contribution in [0.3, 0.4) is 0 Å². The van der Waals surface area contributed by atoms with Crippen molar-refractivity contribution in [3.05, 3.63) is 23.3 Å². The second-order valence-corrected chi connectivity index (χ2v) is 1.94. The Morgan fingerprint density at radius 2 is 0.833 bits per heavy atom. The Morgan fingerprint density at radius 3 is 0.917 bits per heavy atom. The highest BCUT2D eigenvalue weighted by Crippen LogP contribution is 2.05. The van der Waals surface area contributed by atoms with Crippen molar-refractivity contribution >= 4 is 0 Å². The largest absolute Gasteiger partial charge is 0.0845 e. The van der Waals surface area contributed by atoms with Crippen LogP contribution >= 0.6 is 0 Å². The zero-order valence-electron chi connectivity index (χ0n) is 10.2. The summed E-state index contributed by atoms with van der Waals surface area (Å²) in [5, 5.41) is 0. The van der Waals surface area contributed by atoms with Crippen molar-refractivity contribution in [3.8, 4) is 0 Å². The van der Waals surface area contributed by atoms with Crippen LogP contribution in [0.1, 0.15) is 55.4 Å². The first kappa shape index (κ1) is 17.5. The van der Waals surface area contributed by atoms with Crippen LogP contribution in [0.2, 0.25) is 0 Å². The number of hydrogen-bond acceptors (Lipinski definition) is 0. The van der Waals surface area contributed by atoms with Gasteiger partial charge in [0.15, 0.2) is 0 Å². The molecule has 74 valence electrons. The van der Waals surface area contributed by atoms with Crippen molar-refractivity contribution < 1.29 is 0 Å². The van der Waals surface area contributed by atoms with Crippen molar-refractivity contribution in [1.82, 2.24) is 0 Å². The smallest absolute Gasteiger partial charge is 0.0399 e. The van der Waals surface area contributed by atoms with Crippen molar-refractivity contribution in [1.29, 1.82) is 0 Å². The van der Waals surface area contributed by atoms with Crippen LogP contribution in [0.25, 0.3) is 0 Å². The summed E-state index contributed by atoms with van der Waals surface area (Å²) in [5.41, 5.74) is 2.74. The Hall–Kier alpha value is -0.520. The molecule has 0 aliphatic rings. The molecular weight excluding hydrogens is 144 g/mol. The summed E-state index contributed by atoms with van der Waals surface area (Å²) in [6.07, 6.45) is 4.24. The third-order valence-corrected chi connectivity index (χ3v) is 1.49. The SMILES string of the molecule is C/C=C(C)\C(C)=C/C.CC.CC. The summed E-state index contributed by atoms with van der Waals surface area (Å²) >= 11 is 0. The van der Waals surface area contributed by atoms with E-state index in [0.29, 0.717) is 0 Å². The molecule has 0 aromatic heterocycles. The molecule has 0 spiro atoms. The van der Waals surface area contributed by atoms with Crippen LogP contribution in [-0.4, -0.2) is 0 Å². The quantitative estimate of drug-likeness (QED) is 0.487. The maximum atomic E-state index is 2.12. The summed E-state index contributed by atoms with van der Waals surface area (Å²) in [7, 11) is 0. The number of allylic oxidation sites excluding steroid dienone is 4. The lowest BCUT2D eigenvalue weighted by Gasteiger charge is -1.95. The monoisotopic (exact) mass is 170 g/mol.